The van der Waals surface area contributed by atoms with E-state index >= 15 is 0 Å². The van der Waals surface area contributed by atoms with Gasteiger partial charge in [0.1, 0.15) is 0 Å². The maximum atomic E-state index is 12.8. The predicted octanol–water partition coefficient (Wildman–Crippen LogP) is 2.50. The number of hydrogen-bond acceptors (Lipinski definition) is 3. The molecule has 1 aliphatic rings. The Hall–Kier alpha value is -1.40. The maximum absolute atomic E-state index is 12.8. The van der Waals surface area contributed by atoms with E-state index in [1.54, 1.807) is 13.0 Å². The minimum atomic E-state index is -3.65. The summed E-state index contributed by atoms with van der Waals surface area (Å²) in [6.45, 7) is 6.08. The average molecular weight is 311 g/mol. The van der Waals surface area contributed by atoms with Crippen LogP contribution in [0.1, 0.15) is 42.6 Å². The van der Waals surface area contributed by atoms with Gasteiger partial charge in [-0.15, -0.1) is 0 Å². The van der Waals surface area contributed by atoms with E-state index in [1.165, 1.54) is 16.4 Å². The third-order valence-electron chi connectivity index (χ3n) is 4.11. The van der Waals surface area contributed by atoms with Crippen molar-refractivity contribution < 1.29 is 18.3 Å². The molecule has 2 atom stereocenters. The van der Waals surface area contributed by atoms with Crippen molar-refractivity contribution >= 4 is 16.0 Å². The highest BCUT2D eigenvalue weighted by Gasteiger charge is 2.33. The molecule has 0 radical (unpaired) electrons. The molecule has 116 valence electrons. The molecule has 0 aliphatic carbocycles. The van der Waals surface area contributed by atoms with Crippen LogP contribution in [0.5, 0.6) is 0 Å². The Morgan fingerprint density at radius 1 is 1.29 bits per heavy atom. The standard InChI is InChI=1S/C15H21NO4S/c1-10-4-6-12(3)16(9-10)21(19,20)13-7-5-11(2)14(8-13)15(17)18/h5,7-8,10,12H,4,6,9H2,1-3H3,(H,17,18). The molecule has 1 heterocycles. The van der Waals surface area contributed by atoms with Crippen molar-refractivity contribution in [2.75, 3.05) is 6.54 Å². The zero-order valence-electron chi connectivity index (χ0n) is 12.5. The zero-order chi connectivity index (χ0) is 15.8. The fraction of sp³-hybridized carbons (Fsp3) is 0.533. The Labute approximate surface area is 125 Å². The number of piperidine rings is 1. The number of carbonyl (C=O) groups is 1. The summed E-state index contributed by atoms with van der Waals surface area (Å²) < 4.78 is 27.0. The first-order valence-electron chi connectivity index (χ1n) is 7.09. The van der Waals surface area contributed by atoms with E-state index in [0.29, 0.717) is 18.0 Å². The molecule has 0 amide bonds. The second-order valence-corrected chi connectivity index (χ2v) is 7.78. The normalized spacial score (nSPS) is 24.0. The number of aryl methyl sites for hydroxylation is 1. The van der Waals surface area contributed by atoms with Gasteiger partial charge in [0.2, 0.25) is 10.0 Å². The van der Waals surface area contributed by atoms with Gasteiger partial charge in [0.15, 0.2) is 0 Å². The van der Waals surface area contributed by atoms with E-state index < -0.39 is 16.0 Å². The highest BCUT2D eigenvalue weighted by molar-refractivity contribution is 7.89. The van der Waals surface area contributed by atoms with Crippen molar-refractivity contribution in [2.45, 2.75) is 44.6 Å². The minimum Gasteiger partial charge on any atom is -0.478 e. The lowest BCUT2D eigenvalue weighted by molar-refractivity contribution is 0.0696. The first-order valence-corrected chi connectivity index (χ1v) is 8.53. The summed E-state index contributed by atoms with van der Waals surface area (Å²) in [7, 11) is -3.65. The van der Waals surface area contributed by atoms with Gasteiger partial charge in [-0.25, -0.2) is 13.2 Å². The Morgan fingerprint density at radius 2 is 1.95 bits per heavy atom. The van der Waals surface area contributed by atoms with Crippen molar-refractivity contribution in [1.82, 2.24) is 4.31 Å². The van der Waals surface area contributed by atoms with Crippen LogP contribution in [0, 0.1) is 12.8 Å². The molecule has 6 heteroatoms. The quantitative estimate of drug-likeness (QED) is 0.930. The highest BCUT2D eigenvalue weighted by atomic mass is 32.2. The van der Waals surface area contributed by atoms with Crippen molar-refractivity contribution in [2.24, 2.45) is 5.92 Å². The van der Waals surface area contributed by atoms with Crippen LogP contribution in [0.4, 0.5) is 0 Å². The molecule has 1 aromatic carbocycles. The van der Waals surface area contributed by atoms with Crippen LogP contribution in [0.3, 0.4) is 0 Å². The molecule has 21 heavy (non-hydrogen) atoms. The number of hydrogen-bond donors (Lipinski definition) is 1. The smallest absolute Gasteiger partial charge is 0.335 e. The minimum absolute atomic E-state index is 0.0359. The van der Waals surface area contributed by atoms with E-state index in [4.69, 9.17) is 5.11 Å². The second-order valence-electron chi connectivity index (χ2n) is 5.89. The maximum Gasteiger partial charge on any atom is 0.335 e. The van der Waals surface area contributed by atoms with E-state index in [1.807, 2.05) is 13.8 Å². The van der Waals surface area contributed by atoms with Crippen LogP contribution >= 0.6 is 0 Å². The van der Waals surface area contributed by atoms with Gasteiger partial charge in [-0.2, -0.15) is 4.31 Å². The van der Waals surface area contributed by atoms with Crippen molar-refractivity contribution in [3.05, 3.63) is 29.3 Å². The molecule has 0 spiro atoms. The molecular formula is C15H21NO4S. The number of nitrogens with zero attached hydrogens (tertiary/aromatic N) is 1. The van der Waals surface area contributed by atoms with Gasteiger partial charge >= 0.3 is 5.97 Å². The molecular weight excluding hydrogens is 290 g/mol. The van der Waals surface area contributed by atoms with Crippen molar-refractivity contribution in [1.29, 1.82) is 0 Å². The summed E-state index contributed by atoms with van der Waals surface area (Å²) in [4.78, 5) is 11.2. The van der Waals surface area contributed by atoms with E-state index in [-0.39, 0.29) is 16.5 Å². The zero-order valence-corrected chi connectivity index (χ0v) is 13.4. The summed E-state index contributed by atoms with van der Waals surface area (Å²) in [5, 5.41) is 9.15. The summed E-state index contributed by atoms with van der Waals surface area (Å²) in [6, 6.07) is 4.25. The van der Waals surface area contributed by atoms with Crippen LogP contribution in [-0.2, 0) is 10.0 Å². The Morgan fingerprint density at radius 3 is 2.57 bits per heavy atom. The van der Waals surface area contributed by atoms with Crippen molar-refractivity contribution in [3.8, 4) is 0 Å². The molecule has 2 unspecified atom stereocenters. The fourth-order valence-corrected chi connectivity index (χ4v) is 4.52. The molecule has 0 aromatic heterocycles. The SMILES string of the molecule is Cc1ccc(S(=O)(=O)N2CC(C)CCC2C)cc1C(=O)O. The molecule has 1 fully saturated rings. The molecule has 1 saturated heterocycles. The first kappa shape index (κ1) is 16.0. The number of sulfonamides is 1. The van der Waals surface area contributed by atoms with E-state index in [9.17, 15) is 13.2 Å². The number of rotatable bonds is 3. The van der Waals surface area contributed by atoms with Gasteiger partial charge in [-0.3, -0.25) is 0 Å². The molecule has 5 nitrogen and oxygen atoms in total. The summed E-state index contributed by atoms with van der Waals surface area (Å²) in [6.07, 6.45) is 1.85. The lowest BCUT2D eigenvalue weighted by Gasteiger charge is -2.35. The molecule has 1 N–H and O–H groups in total. The summed E-state index contributed by atoms with van der Waals surface area (Å²) in [5.41, 5.74) is 0.593. The largest absolute Gasteiger partial charge is 0.478 e. The van der Waals surface area contributed by atoms with E-state index in [2.05, 4.69) is 0 Å². The van der Waals surface area contributed by atoms with Gasteiger partial charge in [0, 0.05) is 12.6 Å². The second kappa shape index (κ2) is 5.77. The molecule has 2 rings (SSSR count). The lowest BCUT2D eigenvalue weighted by atomic mass is 9.97. The summed E-state index contributed by atoms with van der Waals surface area (Å²) in [5.74, 6) is -0.787. The van der Waals surface area contributed by atoms with Gasteiger partial charge < -0.3 is 5.11 Å². The number of aromatic carboxylic acids is 1. The Balaban J connectivity index is 2.44. The van der Waals surface area contributed by atoms with Gasteiger partial charge in [0.25, 0.3) is 0 Å². The Bertz CT molecular complexity index is 654. The van der Waals surface area contributed by atoms with Crippen molar-refractivity contribution in [3.63, 3.8) is 0 Å². The first-order chi connectivity index (χ1) is 9.73. The third-order valence-corrected chi connectivity index (χ3v) is 6.08. The molecule has 1 aromatic rings. The molecule has 0 saturated carbocycles. The number of carboxylic acid groups (broad SMARTS) is 1. The molecule has 0 bridgehead atoms. The van der Waals surface area contributed by atoms with Crippen LogP contribution in [0.25, 0.3) is 0 Å². The fourth-order valence-electron chi connectivity index (χ4n) is 2.71. The number of carboxylic acids is 1. The predicted molar refractivity (Wildman–Crippen MR) is 79.9 cm³/mol. The average Bonchev–Trinajstić information content (AvgIpc) is 2.41. The van der Waals surface area contributed by atoms with E-state index in [0.717, 1.165) is 12.8 Å². The Kier molecular flexibility index (Phi) is 4.39. The lowest BCUT2D eigenvalue weighted by Crippen LogP contribution is -2.44. The number of benzene rings is 1. The monoisotopic (exact) mass is 311 g/mol. The van der Waals surface area contributed by atoms with Crippen LogP contribution in [0.2, 0.25) is 0 Å². The van der Waals surface area contributed by atoms with Crippen LogP contribution < -0.4 is 0 Å². The highest BCUT2D eigenvalue weighted by Crippen LogP contribution is 2.28. The van der Waals surface area contributed by atoms with Gasteiger partial charge in [-0.05, 0) is 50.3 Å². The van der Waals surface area contributed by atoms with Gasteiger partial charge in [-0.1, -0.05) is 13.0 Å². The van der Waals surface area contributed by atoms with Gasteiger partial charge in [0.05, 0.1) is 10.5 Å². The molecule has 1 aliphatic heterocycles. The van der Waals surface area contributed by atoms with Crippen LogP contribution in [0.15, 0.2) is 23.1 Å². The summed E-state index contributed by atoms with van der Waals surface area (Å²) >= 11 is 0. The van der Waals surface area contributed by atoms with Crippen LogP contribution in [-0.4, -0.2) is 36.4 Å². The topological polar surface area (TPSA) is 74.7 Å². The third kappa shape index (κ3) is 3.11.